The third kappa shape index (κ3) is 4.34. The number of allylic oxidation sites excluding steroid dienone is 10. The smallest absolute Gasteiger partial charge is 0.0335 e. The van der Waals surface area contributed by atoms with Gasteiger partial charge in [-0.1, -0.05) is 139 Å². The van der Waals surface area contributed by atoms with E-state index < -0.39 is 0 Å². The SMILES string of the molecule is C#C\C=C/C1=C(/C)CC2=CC=C=C3c4c(ccc(c42)/C=C/C=C\1)-c1c3c(-c2ccccc2)c2ccccc2c1-c1ccccc1. The molecule has 0 fully saturated rings. The standard InChI is InChI=1S/C45H30/c1-3-4-16-31-17-11-12-22-34-27-28-39-43-38(26-15-23-35(40(34)43)29-30(31)2)44-41(32-18-7-5-8-19-32)36-24-13-14-25-37(36)42(45(39)44)33-20-9-6-10-21-33/h1,4-25,27-28H,29H2,2H3/b16-4-,17-11-,22-12+,31-30+. The van der Waals surface area contributed by atoms with Gasteiger partial charge < -0.3 is 0 Å². The zero-order chi connectivity index (χ0) is 30.3. The molecule has 0 heteroatoms. The van der Waals surface area contributed by atoms with Crippen LogP contribution in [0.5, 0.6) is 0 Å². The summed E-state index contributed by atoms with van der Waals surface area (Å²) in [4.78, 5) is 0. The van der Waals surface area contributed by atoms with E-state index in [1.165, 1.54) is 83.1 Å². The molecule has 0 unspecified atom stereocenters. The Labute approximate surface area is 265 Å². The first-order chi connectivity index (χ1) is 22.2. The molecule has 3 aliphatic rings. The van der Waals surface area contributed by atoms with Gasteiger partial charge in [-0.25, -0.2) is 0 Å². The molecule has 0 aliphatic heterocycles. The summed E-state index contributed by atoms with van der Waals surface area (Å²) in [5, 5.41) is 2.52. The highest BCUT2D eigenvalue weighted by molar-refractivity contribution is 6.22. The summed E-state index contributed by atoms with van der Waals surface area (Å²) in [5.74, 6) is 2.65. The largest absolute Gasteiger partial charge is 0.115 e. The molecule has 0 bridgehead atoms. The van der Waals surface area contributed by atoms with Crippen molar-refractivity contribution >= 4 is 28.0 Å². The van der Waals surface area contributed by atoms with Gasteiger partial charge in [-0.2, -0.15) is 0 Å². The van der Waals surface area contributed by atoms with Crippen LogP contribution in [0.15, 0.2) is 156 Å². The number of hydrogen-bond acceptors (Lipinski definition) is 0. The molecule has 0 spiro atoms. The fourth-order valence-electron chi connectivity index (χ4n) is 7.25. The average Bonchev–Trinajstić information content (AvgIpc) is 3.27. The maximum absolute atomic E-state index is 5.58. The second-order valence-electron chi connectivity index (χ2n) is 11.7. The van der Waals surface area contributed by atoms with Crippen molar-refractivity contribution < 1.29 is 0 Å². The lowest BCUT2D eigenvalue weighted by molar-refractivity contribution is 1.19. The molecular weight excluding hydrogens is 540 g/mol. The molecule has 5 aromatic rings. The van der Waals surface area contributed by atoms with Crippen molar-refractivity contribution in [3.8, 4) is 45.7 Å². The third-order valence-electron chi connectivity index (χ3n) is 9.15. The van der Waals surface area contributed by atoms with Crippen molar-refractivity contribution in [1.82, 2.24) is 0 Å². The normalized spacial score (nSPS) is 17.6. The number of fused-ring (bicyclic) bond motifs is 4. The van der Waals surface area contributed by atoms with Crippen molar-refractivity contribution in [2.45, 2.75) is 13.3 Å². The molecule has 0 aromatic heterocycles. The van der Waals surface area contributed by atoms with E-state index in [-0.39, 0.29) is 0 Å². The minimum atomic E-state index is 0.812. The number of hydrogen-bond donors (Lipinski definition) is 0. The first kappa shape index (κ1) is 26.7. The monoisotopic (exact) mass is 570 g/mol. The summed E-state index contributed by atoms with van der Waals surface area (Å²) in [5.41, 5.74) is 21.3. The van der Waals surface area contributed by atoms with Gasteiger partial charge in [0.05, 0.1) is 0 Å². The van der Waals surface area contributed by atoms with Gasteiger partial charge in [0.15, 0.2) is 0 Å². The van der Waals surface area contributed by atoms with Gasteiger partial charge in [-0.05, 0) is 98.0 Å². The molecule has 5 aromatic carbocycles. The van der Waals surface area contributed by atoms with Gasteiger partial charge in [0.25, 0.3) is 0 Å². The first-order valence-electron chi connectivity index (χ1n) is 15.5. The van der Waals surface area contributed by atoms with Gasteiger partial charge >= 0.3 is 0 Å². The molecule has 3 aliphatic carbocycles. The van der Waals surface area contributed by atoms with Gasteiger partial charge in [-0.3, -0.25) is 0 Å². The summed E-state index contributed by atoms with van der Waals surface area (Å²) >= 11 is 0. The zero-order valence-corrected chi connectivity index (χ0v) is 25.1. The molecule has 8 rings (SSSR count). The van der Waals surface area contributed by atoms with Crippen LogP contribution in [0.1, 0.15) is 35.6 Å². The van der Waals surface area contributed by atoms with Crippen LogP contribution in [-0.4, -0.2) is 0 Å². The van der Waals surface area contributed by atoms with Crippen LogP contribution in [-0.2, 0) is 0 Å². The quantitative estimate of drug-likeness (QED) is 0.147. The number of benzene rings is 5. The Bertz CT molecular complexity index is 2300. The van der Waals surface area contributed by atoms with Crippen molar-refractivity contribution in [3.63, 3.8) is 0 Å². The number of terminal acetylenes is 1. The average molecular weight is 571 g/mol. The fourth-order valence-corrected chi connectivity index (χ4v) is 7.25. The van der Waals surface area contributed by atoms with Crippen molar-refractivity contribution in [1.29, 1.82) is 0 Å². The predicted octanol–water partition coefficient (Wildman–Crippen LogP) is 11.6. The van der Waals surface area contributed by atoms with E-state index in [1.807, 2.05) is 6.08 Å². The predicted molar refractivity (Wildman–Crippen MR) is 192 cm³/mol. The topological polar surface area (TPSA) is 0 Å². The Morgan fingerprint density at radius 3 is 2.00 bits per heavy atom. The Morgan fingerprint density at radius 2 is 1.31 bits per heavy atom. The van der Waals surface area contributed by atoms with Gasteiger partial charge in [0, 0.05) is 16.7 Å². The summed E-state index contributed by atoms with van der Waals surface area (Å²) in [7, 11) is 0. The molecule has 0 heterocycles. The Morgan fingerprint density at radius 1 is 0.667 bits per heavy atom. The van der Waals surface area contributed by atoms with Crippen LogP contribution in [0.25, 0.3) is 61.4 Å². The molecule has 0 N–H and O–H groups in total. The lowest BCUT2D eigenvalue weighted by Gasteiger charge is -2.20. The first-order valence-corrected chi connectivity index (χ1v) is 15.5. The van der Waals surface area contributed by atoms with E-state index in [2.05, 4.69) is 152 Å². The van der Waals surface area contributed by atoms with E-state index >= 15 is 0 Å². The summed E-state index contributed by atoms with van der Waals surface area (Å²) in [6.45, 7) is 2.21. The molecule has 45 heavy (non-hydrogen) atoms. The third-order valence-corrected chi connectivity index (χ3v) is 9.15. The molecule has 0 radical (unpaired) electrons. The maximum Gasteiger partial charge on any atom is 0.0335 e. The van der Waals surface area contributed by atoms with E-state index in [9.17, 15) is 0 Å². The molecular formula is C45H30. The highest BCUT2D eigenvalue weighted by Gasteiger charge is 2.35. The van der Waals surface area contributed by atoms with Crippen LogP contribution in [0.4, 0.5) is 0 Å². The van der Waals surface area contributed by atoms with Gasteiger partial charge in [0.1, 0.15) is 0 Å². The van der Waals surface area contributed by atoms with E-state index in [0.717, 1.165) is 12.0 Å². The lowest BCUT2D eigenvalue weighted by atomic mass is 9.83. The van der Waals surface area contributed by atoms with E-state index in [1.54, 1.807) is 6.08 Å². The molecule has 0 saturated carbocycles. The molecule has 210 valence electrons. The van der Waals surface area contributed by atoms with Crippen LogP contribution in [0, 0.1) is 12.3 Å². The van der Waals surface area contributed by atoms with Crippen LogP contribution >= 0.6 is 0 Å². The highest BCUT2D eigenvalue weighted by atomic mass is 14.4. The highest BCUT2D eigenvalue weighted by Crippen LogP contribution is 2.58. The summed E-state index contributed by atoms with van der Waals surface area (Å²) in [6.07, 6.45) is 23.2. The Balaban J connectivity index is 1.51. The second kappa shape index (κ2) is 11.0. The van der Waals surface area contributed by atoms with Crippen molar-refractivity contribution in [2.75, 3.05) is 0 Å². The molecule has 0 amide bonds. The summed E-state index contributed by atoms with van der Waals surface area (Å²) < 4.78 is 0. The van der Waals surface area contributed by atoms with Crippen LogP contribution < -0.4 is 0 Å². The zero-order valence-electron chi connectivity index (χ0n) is 25.1. The Hall–Kier alpha value is -5.86. The van der Waals surface area contributed by atoms with E-state index in [0.29, 0.717) is 0 Å². The van der Waals surface area contributed by atoms with Gasteiger partial charge in [-0.15, -0.1) is 12.2 Å². The Kier molecular flexibility index (Phi) is 6.54. The molecule has 0 atom stereocenters. The maximum atomic E-state index is 5.58. The minimum absolute atomic E-state index is 0.812. The number of rotatable bonds is 3. The van der Waals surface area contributed by atoms with Crippen LogP contribution in [0.2, 0.25) is 0 Å². The summed E-state index contributed by atoms with van der Waals surface area (Å²) in [6, 6.07) is 35.3. The minimum Gasteiger partial charge on any atom is -0.115 e. The van der Waals surface area contributed by atoms with E-state index in [4.69, 9.17) is 6.42 Å². The second-order valence-corrected chi connectivity index (χ2v) is 11.7. The molecule has 0 nitrogen and oxygen atoms in total. The van der Waals surface area contributed by atoms with Crippen LogP contribution in [0.3, 0.4) is 0 Å². The van der Waals surface area contributed by atoms with Crippen molar-refractivity contribution in [3.05, 3.63) is 179 Å². The lowest BCUT2D eigenvalue weighted by Crippen LogP contribution is -1.98. The van der Waals surface area contributed by atoms with Gasteiger partial charge in [0.2, 0.25) is 0 Å². The molecule has 0 saturated heterocycles. The van der Waals surface area contributed by atoms with Crippen molar-refractivity contribution in [2.24, 2.45) is 0 Å². The fraction of sp³-hybridized carbons (Fsp3) is 0.0444.